The van der Waals surface area contributed by atoms with Crippen molar-refractivity contribution in [3.63, 3.8) is 0 Å². The zero-order valence-corrected chi connectivity index (χ0v) is 23.8. The summed E-state index contributed by atoms with van der Waals surface area (Å²) in [7, 11) is 0. The summed E-state index contributed by atoms with van der Waals surface area (Å²) in [4.78, 5) is 35.8. The van der Waals surface area contributed by atoms with Crippen LogP contribution in [-0.2, 0) is 9.59 Å². The second-order valence-corrected chi connectivity index (χ2v) is 12.1. The highest BCUT2D eigenvalue weighted by Gasteiger charge is 2.62. The maximum Gasteiger partial charge on any atom is 0.231 e. The minimum atomic E-state index is -0.475. The lowest BCUT2D eigenvalue weighted by atomic mass is 9.89. The summed E-state index contributed by atoms with van der Waals surface area (Å²) >= 11 is 0. The van der Waals surface area contributed by atoms with Crippen LogP contribution in [0.5, 0.6) is 5.75 Å². The van der Waals surface area contributed by atoms with Gasteiger partial charge in [-0.15, -0.1) is 12.8 Å². The second-order valence-electron chi connectivity index (χ2n) is 12.1. The van der Waals surface area contributed by atoms with E-state index in [9.17, 15) is 9.59 Å². The third-order valence-electron chi connectivity index (χ3n) is 7.55. The van der Waals surface area contributed by atoms with Crippen LogP contribution in [0.15, 0.2) is 59.9 Å². The van der Waals surface area contributed by atoms with Gasteiger partial charge < -0.3 is 15.8 Å². The van der Waals surface area contributed by atoms with Gasteiger partial charge in [0.2, 0.25) is 11.8 Å². The molecule has 1 saturated carbocycles. The van der Waals surface area contributed by atoms with Gasteiger partial charge in [-0.2, -0.15) is 0 Å². The molecule has 3 heterocycles. The van der Waals surface area contributed by atoms with E-state index in [-0.39, 0.29) is 46.7 Å². The number of para-hydroxylation sites is 1. The lowest BCUT2D eigenvalue weighted by Gasteiger charge is -2.38. The standard InChI is InChI=1S/C24H34N4O3.C5H5N.C2H2/c1-22(2)12-18(29)28(21(25)27-22)13-15-19(24(15,5)6)20(30)26-16-11-23(3,4)31-17-10-8-7-9-14(16)17;1-2-4-6-5-3-1;1-2/h7-10,15-16,19H,11-13H2,1-6H3,(H2,25,27)(H,26,30);1-5H;1-2H/t15?,16-,19?;;/m0../s1. The summed E-state index contributed by atoms with van der Waals surface area (Å²) in [5, 5.41) is 3.27. The first-order valence-corrected chi connectivity index (χ1v) is 13.2. The van der Waals surface area contributed by atoms with Gasteiger partial charge in [0.1, 0.15) is 11.4 Å². The topological polar surface area (TPSA) is 110 Å². The van der Waals surface area contributed by atoms with Crippen molar-refractivity contribution in [3.8, 4) is 18.6 Å². The van der Waals surface area contributed by atoms with Crippen LogP contribution in [0.2, 0.25) is 0 Å². The molecule has 1 aromatic heterocycles. The minimum Gasteiger partial charge on any atom is -0.487 e. The largest absolute Gasteiger partial charge is 0.487 e. The molecule has 8 nitrogen and oxygen atoms in total. The number of fused-ring (bicyclic) bond motifs is 1. The first-order valence-electron chi connectivity index (χ1n) is 13.2. The maximum atomic E-state index is 13.3. The van der Waals surface area contributed by atoms with Gasteiger partial charge in [0.05, 0.1) is 18.0 Å². The summed E-state index contributed by atoms with van der Waals surface area (Å²) in [5.41, 5.74) is 6.07. The van der Waals surface area contributed by atoms with E-state index >= 15 is 0 Å². The molecule has 2 amide bonds. The number of nitrogens with two attached hydrogens (primary N) is 1. The molecule has 8 heteroatoms. The number of amides is 2. The van der Waals surface area contributed by atoms with Crippen LogP contribution in [-0.4, -0.2) is 45.3 Å². The van der Waals surface area contributed by atoms with E-state index in [1.54, 1.807) is 17.3 Å². The number of nitrogens with one attached hydrogen (secondary N) is 1. The third-order valence-corrected chi connectivity index (χ3v) is 7.55. The Kier molecular flexibility index (Phi) is 8.74. The van der Waals surface area contributed by atoms with Crippen molar-refractivity contribution in [3.05, 3.63) is 60.4 Å². The molecule has 2 aromatic rings. The lowest BCUT2D eigenvalue weighted by molar-refractivity contribution is -0.130. The highest BCUT2D eigenvalue weighted by Crippen LogP contribution is 2.59. The summed E-state index contributed by atoms with van der Waals surface area (Å²) in [6.45, 7) is 12.5. The Morgan fingerprint density at radius 2 is 1.72 bits per heavy atom. The Morgan fingerprint density at radius 3 is 2.28 bits per heavy atom. The van der Waals surface area contributed by atoms with Gasteiger partial charge in [-0.3, -0.25) is 19.5 Å². The zero-order chi connectivity index (χ0) is 29.0. The van der Waals surface area contributed by atoms with Crippen LogP contribution in [0.3, 0.4) is 0 Å². The van der Waals surface area contributed by atoms with Crippen LogP contribution in [0.1, 0.15) is 66.0 Å². The lowest BCUT2D eigenvalue weighted by Crippen LogP contribution is -2.50. The number of hydrogen-bond acceptors (Lipinski definition) is 6. The van der Waals surface area contributed by atoms with Gasteiger partial charge in [-0.25, -0.2) is 4.99 Å². The molecule has 1 aromatic carbocycles. The Bertz CT molecular complexity index is 1190. The molecule has 5 rings (SSSR count). The maximum absolute atomic E-state index is 13.3. The van der Waals surface area contributed by atoms with E-state index < -0.39 is 5.54 Å². The first kappa shape index (κ1) is 29.7. The van der Waals surface area contributed by atoms with Crippen LogP contribution in [0, 0.1) is 30.1 Å². The normalized spacial score (nSPS) is 25.1. The number of hydrogen-bond donors (Lipinski definition) is 2. The monoisotopic (exact) mass is 531 g/mol. The number of terminal acetylenes is 1. The third kappa shape index (κ3) is 6.97. The number of carbonyl (C=O) groups excluding carboxylic acids is 2. The number of carbonyl (C=O) groups is 2. The Hall–Kier alpha value is -3.86. The highest BCUT2D eigenvalue weighted by atomic mass is 16.5. The molecule has 3 aliphatic rings. The van der Waals surface area contributed by atoms with Gasteiger partial charge in [0.15, 0.2) is 5.96 Å². The Balaban J connectivity index is 0.000000457. The van der Waals surface area contributed by atoms with Crippen molar-refractivity contribution < 1.29 is 14.3 Å². The average Bonchev–Trinajstić information content (AvgIpc) is 3.42. The molecule has 1 fully saturated rings. The molecule has 3 atom stereocenters. The highest BCUT2D eigenvalue weighted by molar-refractivity contribution is 5.99. The van der Waals surface area contributed by atoms with E-state index in [2.05, 4.69) is 42.0 Å². The fourth-order valence-electron chi connectivity index (χ4n) is 5.51. The molecule has 208 valence electrons. The predicted octanol–water partition coefficient (Wildman–Crippen LogP) is 4.33. The van der Waals surface area contributed by atoms with E-state index in [0.29, 0.717) is 19.4 Å². The fourth-order valence-corrected chi connectivity index (χ4v) is 5.51. The summed E-state index contributed by atoms with van der Waals surface area (Å²) in [5.74, 6) is 0.923. The molecule has 0 radical (unpaired) electrons. The molecule has 0 bridgehead atoms. The fraction of sp³-hybridized carbons (Fsp3) is 0.484. The number of rotatable bonds is 4. The number of nitrogens with zero attached hydrogens (tertiary/aromatic N) is 3. The van der Waals surface area contributed by atoms with Crippen molar-refractivity contribution in [1.29, 1.82) is 0 Å². The van der Waals surface area contributed by atoms with Crippen LogP contribution < -0.4 is 15.8 Å². The quantitative estimate of drug-likeness (QED) is 0.571. The smallest absolute Gasteiger partial charge is 0.231 e. The number of guanidine groups is 1. The van der Waals surface area contributed by atoms with Crippen LogP contribution in [0.4, 0.5) is 0 Å². The second kappa shape index (κ2) is 11.5. The number of ether oxygens (including phenoxy) is 1. The van der Waals surface area contributed by atoms with Crippen molar-refractivity contribution in [1.82, 2.24) is 15.2 Å². The number of pyridine rings is 1. The first-order chi connectivity index (χ1) is 18.3. The Morgan fingerprint density at radius 1 is 1.08 bits per heavy atom. The van der Waals surface area contributed by atoms with Crippen molar-refractivity contribution >= 4 is 17.8 Å². The molecule has 39 heavy (non-hydrogen) atoms. The van der Waals surface area contributed by atoms with Crippen LogP contribution >= 0.6 is 0 Å². The predicted molar refractivity (Wildman–Crippen MR) is 154 cm³/mol. The number of aromatic nitrogens is 1. The van der Waals surface area contributed by atoms with Crippen molar-refractivity contribution in [2.45, 2.75) is 71.6 Å². The molecule has 0 saturated heterocycles. The van der Waals surface area contributed by atoms with Crippen molar-refractivity contribution in [2.75, 3.05) is 6.54 Å². The average molecular weight is 532 g/mol. The van der Waals surface area contributed by atoms with Gasteiger partial charge >= 0.3 is 0 Å². The van der Waals surface area contributed by atoms with Gasteiger partial charge in [-0.05, 0) is 57.2 Å². The SMILES string of the molecule is C#C.CC1(C)CC(=O)N(CC2C(C(=O)N[C@H]3CC(C)(C)Oc4ccccc43)C2(C)C)C(N)=N1.c1ccncc1. The molecule has 2 unspecified atom stereocenters. The van der Waals surface area contributed by atoms with E-state index in [0.717, 1.165) is 11.3 Å². The van der Waals surface area contributed by atoms with Gasteiger partial charge in [0, 0.05) is 36.8 Å². The molecular formula is C31H41N5O3. The molecule has 1 aliphatic carbocycles. The number of benzene rings is 1. The van der Waals surface area contributed by atoms with Crippen molar-refractivity contribution in [2.24, 2.45) is 28.0 Å². The summed E-state index contributed by atoms with van der Waals surface area (Å²) < 4.78 is 6.09. The van der Waals surface area contributed by atoms with Crippen LogP contribution in [0.25, 0.3) is 0 Å². The summed E-state index contributed by atoms with van der Waals surface area (Å²) in [6.07, 6.45) is 12.5. The van der Waals surface area contributed by atoms with E-state index in [1.165, 1.54) is 0 Å². The zero-order valence-electron chi connectivity index (χ0n) is 23.8. The van der Waals surface area contributed by atoms with Gasteiger partial charge in [0.25, 0.3) is 0 Å². The minimum absolute atomic E-state index is 0.0211. The van der Waals surface area contributed by atoms with E-state index in [4.69, 9.17) is 10.5 Å². The number of aliphatic imine (C=N–C) groups is 1. The molecule has 2 aliphatic heterocycles. The Labute approximate surface area is 232 Å². The molecule has 0 spiro atoms. The molecule has 3 N–H and O–H groups in total. The summed E-state index contributed by atoms with van der Waals surface area (Å²) in [6, 6.07) is 13.5. The van der Waals surface area contributed by atoms with Gasteiger partial charge in [-0.1, -0.05) is 38.1 Å². The molecular weight excluding hydrogens is 490 g/mol. The van der Waals surface area contributed by atoms with E-state index in [1.807, 2.05) is 70.2 Å².